The fourth-order valence-corrected chi connectivity index (χ4v) is 3.75. The molecule has 0 fully saturated rings. The van der Waals surface area contributed by atoms with E-state index in [9.17, 15) is 14.0 Å². The lowest BCUT2D eigenvalue weighted by atomic mass is 9.82. The van der Waals surface area contributed by atoms with E-state index in [-0.39, 0.29) is 30.2 Å². The Labute approximate surface area is 194 Å². The number of carbonyl (C=O) groups excluding carboxylic acids is 2. The molecule has 3 aromatic carbocycles. The Balaban J connectivity index is 1.78. The zero-order valence-electron chi connectivity index (χ0n) is 18.8. The van der Waals surface area contributed by atoms with E-state index in [0.717, 1.165) is 16.7 Å². The Morgan fingerprint density at radius 2 is 1.42 bits per heavy atom. The van der Waals surface area contributed by atoms with E-state index in [0.29, 0.717) is 6.54 Å². The summed E-state index contributed by atoms with van der Waals surface area (Å²) in [5.41, 5.74) is 2.55. The van der Waals surface area contributed by atoms with Gasteiger partial charge in [0.2, 0.25) is 5.91 Å². The quantitative estimate of drug-likeness (QED) is 0.474. The van der Waals surface area contributed by atoms with Gasteiger partial charge in [0.05, 0.1) is 0 Å². The van der Waals surface area contributed by atoms with Gasteiger partial charge >= 0.3 is 6.09 Å². The molecule has 0 aliphatic heterocycles. The molecular weight excluding hydrogens is 419 g/mol. The molecule has 6 heteroatoms. The van der Waals surface area contributed by atoms with Gasteiger partial charge in [0, 0.05) is 12.5 Å². The third kappa shape index (κ3) is 7.17. The van der Waals surface area contributed by atoms with Crippen LogP contribution < -0.4 is 10.6 Å². The third-order valence-corrected chi connectivity index (χ3v) is 5.41. The van der Waals surface area contributed by atoms with Crippen molar-refractivity contribution in [2.45, 2.75) is 39.0 Å². The van der Waals surface area contributed by atoms with E-state index in [1.165, 1.54) is 12.1 Å². The number of carbonyl (C=O) groups is 2. The van der Waals surface area contributed by atoms with Crippen molar-refractivity contribution in [2.75, 3.05) is 0 Å². The number of alkyl carbamates (subject to hydrolysis) is 1. The lowest BCUT2D eigenvalue weighted by molar-refractivity contribution is -0.124. The van der Waals surface area contributed by atoms with E-state index < -0.39 is 12.1 Å². The standard InChI is InChI=1S/C27H29FN2O3/c1-19(2)24(22-13-15-23(28)16-14-22)25(26(31)29-17-20-9-5-3-6-10-20)30-27(32)33-18-21-11-7-4-8-12-21/h3-16,19,24-25H,17-18H2,1-2H3,(H,29,31)(H,30,32). The second-order valence-corrected chi connectivity index (χ2v) is 8.21. The summed E-state index contributed by atoms with van der Waals surface area (Å²) in [5.74, 6) is -1.09. The maximum Gasteiger partial charge on any atom is 0.408 e. The summed E-state index contributed by atoms with van der Waals surface area (Å²) in [4.78, 5) is 25.9. The molecule has 2 unspecified atom stereocenters. The minimum atomic E-state index is -0.901. The van der Waals surface area contributed by atoms with Crippen LogP contribution in [-0.2, 0) is 22.7 Å². The molecule has 2 amide bonds. The average molecular weight is 449 g/mol. The number of rotatable bonds is 9. The zero-order chi connectivity index (χ0) is 23.6. The number of hydrogen-bond acceptors (Lipinski definition) is 3. The molecule has 2 N–H and O–H groups in total. The topological polar surface area (TPSA) is 67.4 Å². The van der Waals surface area contributed by atoms with Crippen LogP contribution in [0.15, 0.2) is 84.9 Å². The van der Waals surface area contributed by atoms with Crippen LogP contribution in [0.1, 0.15) is 36.5 Å². The van der Waals surface area contributed by atoms with Crippen molar-refractivity contribution < 1.29 is 18.7 Å². The molecule has 0 saturated carbocycles. The Hall–Kier alpha value is -3.67. The van der Waals surface area contributed by atoms with Crippen molar-refractivity contribution >= 4 is 12.0 Å². The summed E-state index contributed by atoms with van der Waals surface area (Å²) in [6.45, 7) is 4.34. The van der Waals surface area contributed by atoms with Crippen molar-refractivity contribution in [2.24, 2.45) is 5.92 Å². The molecule has 0 bridgehead atoms. The SMILES string of the molecule is CC(C)C(c1ccc(F)cc1)C(NC(=O)OCc1ccccc1)C(=O)NCc1ccccc1. The molecule has 0 saturated heterocycles. The van der Waals surface area contributed by atoms with Crippen LogP contribution in [-0.4, -0.2) is 18.0 Å². The van der Waals surface area contributed by atoms with Crippen molar-refractivity contribution in [3.05, 3.63) is 107 Å². The summed E-state index contributed by atoms with van der Waals surface area (Å²) in [6, 6.07) is 23.9. The number of ether oxygens (including phenoxy) is 1. The fourth-order valence-electron chi connectivity index (χ4n) is 3.75. The van der Waals surface area contributed by atoms with Crippen LogP contribution in [0.25, 0.3) is 0 Å². The highest BCUT2D eigenvalue weighted by Gasteiger charge is 2.33. The van der Waals surface area contributed by atoms with Gasteiger partial charge in [-0.15, -0.1) is 0 Å². The normalized spacial score (nSPS) is 12.6. The van der Waals surface area contributed by atoms with Gasteiger partial charge in [-0.1, -0.05) is 86.6 Å². The monoisotopic (exact) mass is 448 g/mol. The predicted molar refractivity (Wildman–Crippen MR) is 126 cm³/mol. The summed E-state index contributed by atoms with van der Waals surface area (Å²) >= 11 is 0. The summed E-state index contributed by atoms with van der Waals surface area (Å²) in [5, 5.41) is 5.66. The zero-order valence-corrected chi connectivity index (χ0v) is 18.8. The first-order valence-electron chi connectivity index (χ1n) is 11.0. The molecule has 2 atom stereocenters. The minimum absolute atomic E-state index is 0.0163. The first-order valence-corrected chi connectivity index (χ1v) is 11.0. The highest BCUT2D eigenvalue weighted by Crippen LogP contribution is 2.29. The van der Waals surface area contributed by atoms with Gasteiger partial charge in [0.15, 0.2) is 0 Å². The van der Waals surface area contributed by atoms with Gasteiger partial charge in [0.1, 0.15) is 18.5 Å². The second kappa shape index (κ2) is 11.8. The van der Waals surface area contributed by atoms with E-state index in [2.05, 4.69) is 10.6 Å². The Morgan fingerprint density at radius 1 is 0.848 bits per heavy atom. The van der Waals surface area contributed by atoms with Crippen LogP contribution in [0, 0.1) is 11.7 Å². The number of halogens is 1. The van der Waals surface area contributed by atoms with Gasteiger partial charge in [-0.2, -0.15) is 0 Å². The van der Waals surface area contributed by atoms with Gasteiger partial charge in [0.25, 0.3) is 0 Å². The number of nitrogens with one attached hydrogen (secondary N) is 2. The summed E-state index contributed by atoms with van der Waals surface area (Å²) in [7, 11) is 0. The third-order valence-electron chi connectivity index (χ3n) is 5.41. The van der Waals surface area contributed by atoms with E-state index in [4.69, 9.17) is 4.74 Å². The van der Waals surface area contributed by atoms with Crippen LogP contribution >= 0.6 is 0 Å². The molecule has 172 valence electrons. The molecule has 33 heavy (non-hydrogen) atoms. The van der Waals surface area contributed by atoms with E-state index >= 15 is 0 Å². The van der Waals surface area contributed by atoms with Crippen molar-refractivity contribution in [3.63, 3.8) is 0 Å². The molecule has 3 aromatic rings. The van der Waals surface area contributed by atoms with E-state index in [1.54, 1.807) is 12.1 Å². The fraction of sp³-hybridized carbons (Fsp3) is 0.259. The minimum Gasteiger partial charge on any atom is -0.445 e. The Morgan fingerprint density at radius 3 is 2.00 bits per heavy atom. The molecular formula is C27H29FN2O3. The smallest absolute Gasteiger partial charge is 0.408 e. The lowest BCUT2D eigenvalue weighted by Gasteiger charge is -2.30. The number of hydrogen-bond donors (Lipinski definition) is 2. The molecule has 0 aromatic heterocycles. The van der Waals surface area contributed by atoms with Crippen molar-refractivity contribution in [1.82, 2.24) is 10.6 Å². The van der Waals surface area contributed by atoms with E-state index in [1.807, 2.05) is 74.5 Å². The number of amides is 2. The second-order valence-electron chi connectivity index (χ2n) is 8.21. The Kier molecular flexibility index (Phi) is 8.58. The lowest BCUT2D eigenvalue weighted by Crippen LogP contribution is -2.51. The molecule has 3 rings (SSSR count). The molecule has 5 nitrogen and oxygen atoms in total. The predicted octanol–water partition coefficient (Wildman–Crippen LogP) is 5.18. The maximum atomic E-state index is 13.5. The molecule has 0 aliphatic carbocycles. The molecule has 0 aliphatic rings. The van der Waals surface area contributed by atoms with Crippen LogP contribution in [0.5, 0.6) is 0 Å². The van der Waals surface area contributed by atoms with Gasteiger partial charge < -0.3 is 15.4 Å². The average Bonchev–Trinajstić information content (AvgIpc) is 2.83. The van der Waals surface area contributed by atoms with Crippen LogP contribution in [0.2, 0.25) is 0 Å². The Bertz CT molecular complexity index is 1020. The highest BCUT2D eigenvalue weighted by molar-refractivity contribution is 5.86. The largest absolute Gasteiger partial charge is 0.445 e. The van der Waals surface area contributed by atoms with Crippen molar-refractivity contribution in [3.8, 4) is 0 Å². The van der Waals surface area contributed by atoms with Gasteiger partial charge in [-0.05, 0) is 34.7 Å². The molecule has 0 radical (unpaired) electrons. The van der Waals surface area contributed by atoms with Crippen LogP contribution in [0.3, 0.4) is 0 Å². The molecule has 0 spiro atoms. The first kappa shape index (κ1) is 24.0. The summed E-state index contributed by atoms with van der Waals surface area (Å²) < 4.78 is 18.9. The number of benzene rings is 3. The maximum absolute atomic E-state index is 13.5. The first-order chi connectivity index (χ1) is 15.9. The van der Waals surface area contributed by atoms with Gasteiger partial charge in [-0.25, -0.2) is 9.18 Å². The van der Waals surface area contributed by atoms with Gasteiger partial charge in [-0.3, -0.25) is 4.79 Å². The highest BCUT2D eigenvalue weighted by atomic mass is 19.1. The van der Waals surface area contributed by atoms with Crippen LogP contribution in [0.4, 0.5) is 9.18 Å². The molecule has 0 heterocycles. The van der Waals surface area contributed by atoms with Crippen molar-refractivity contribution in [1.29, 1.82) is 0 Å². The summed E-state index contributed by atoms with van der Waals surface area (Å²) in [6.07, 6.45) is -0.688.